The smallest absolute Gasteiger partial charge is 0.326 e. The van der Waals surface area contributed by atoms with Gasteiger partial charge >= 0.3 is 11.8 Å². The van der Waals surface area contributed by atoms with Crippen molar-refractivity contribution in [1.82, 2.24) is 10.9 Å². The fourth-order valence-corrected chi connectivity index (χ4v) is 2.84. The summed E-state index contributed by atoms with van der Waals surface area (Å²) >= 11 is 5.78. The average molecular weight is 394 g/mol. The second-order valence-corrected chi connectivity index (χ2v) is 6.42. The van der Waals surface area contributed by atoms with Gasteiger partial charge in [-0.25, -0.2) is 11.3 Å². The van der Waals surface area contributed by atoms with Crippen molar-refractivity contribution in [3.05, 3.63) is 29.3 Å². The number of Topliss-reactive ketones (excluding diaryl/α,β-unsaturated/α-hetero) is 1. The number of nitrogens with one attached hydrogen (secondary N) is 3. The maximum absolute atomic E-state index is 12.4. The summed E-state index contributed by atoms with van der Waals surface area (Å²) in [6.07, 6.45) is 1.96. The number of hydrazine groups is 1. The molecule has 1 atom stereocenters. The van der Waals surface area contributed by atoms with E-state index >= 15 is 0 Å². The number of hydrazone groups is 1. The minimum Gasteiger partial charge on any atom is -0.326 e. The van der Waals surface area contributed by atoms with Gasteiger partial charge in [-0.05, 0) is 43.5 Å². The number of amides is 3. The van der Waals surface area contributed by atoms with Gasteiger partial charge in [0.15, 0.2) is 0 Å². The molecule has 0 bridgehead atoms. The summed E-state index contributed by atoms with van der Waals surface area (Å²) in [5.74, 6) is 1.94. The molecule has 0 saturated heterocycles. The standard InChI is InChI=1S/C17H20ClN5O4/c18-10-4-6-11(7-5-10)20-15(25)9-8-14(24)12-2-1-3-13(12)22-23-17(27)16(26)21-19/h4-7,12H,1-3,8-9,19H2,(H,20,25)(H,21,26)(H,23,27)/b22-13-. The number of nitrogens with zero attached hydrogens (tertiary/aromatic N) is 1. The second kappa shape index (κ2) is 9.79. The quantitative estimate of drug-likeness (QED) is 0.245. The van der Waals surface area contributed by atoms with E-state index in [2.05, 4.69) is 15.8 Å². The molecule has 0 aliphatic heterocycles. The Morgan fingerprint density at radius 2 is 1.81 bits per heavy atom. The molecular weight excluding hydrogens is 374 g/mol. The molecule has 1 aromatic rings. The van der Waals surface area contributed by atoms with Gasteiger partial charge in [0.1, 0.15) is 5.78 Å². The monoisotopic (exact) mass is 393 g/mol. The van der Waals surface area contributed by atoms with Crippen molar-refractivity contribution < 1.29 is 19.2 Å². The molecule has 10 heteroatoms. The summed E-state index contributed by atoms with van der Waals surface area (Å²) in [6.45, 7) is 0. The molecule has 5 N–H and O–H groups in total. The molecule has 0 aromatic heterocycles. The Bertz CT molecular complexity index is 763. The van der Waals surface area contributed by atoms with Crippen molar-refractivity contribution >= 4 is 46.5 Å². The van der Waals surface area contributed by atoms with E-state index in [1.807, 2.05) is 0 Å². The Hall–Kier alpha value is -2.78. The Morgan fingerprint density at radius 3 is 2.48 bits per heavy atom. The van der Waals surface area contributed by atoms with Crippen LogP contribution < -0.4 is 22.0 Å². The SMILES string of the molecule is NNC(=O)C(=O)N/N=C1/CCCC1C(=O)CCC(=O)Nc1ccc(Cl)cc1. The van der Waals surface area contributed by atoms with Crippen molar-refractivity contribution in [3.8, 4) is 0 Å². The predicted octanol–water partition coefficient (Wildman–Crippen LogP) is 0.890. The first kappa shape index (κ1) is 20.5. The summed E-state index contributed by atoms with van der Waals surface area (Å²) in [4.78, 5) is 46.8. The van der Waals surface area contributed by atoms with Crippen LogP contribution in [0.1, 0.15) is 32.1 Å². The highest BCUT2D eigenvalue weighted by Gasteiger charge is 2.29. The number of rotatable bonds is 6. The van der Waals surface area contributed by atoms with Crippen LogP contribution in [0, 0.1) is 5.92 Å². The van der Waals surface area contributed by atoms with E-state index in [-0.39, 0.29) is 24.5 Å². The molecule has 0 radical (unpaired) electrons. The van der Waals surface area contributed by atoms with Crippen molar-refractivity contribution in [3.63, 3.8) is 0 Å². The molecule has 1 aliphatic carbocycles. The van der Waals surface area contributed by atoms with Crippen molar-refractivity contribution in [2.24, 2.45) is 16.9 Å². The molecule has 0 spiro atoms. The zero-order chi connectivity index (χ0) is 19.8. The number of nitrogens with two attached hydrogens (primary N) is 1. The highest BCUT2D eigenvalue weighted by atomic mass is 35.5. The average Bonchev–Trinajstić information content (AvgIpc) is 3.14. The van der Waals surface area contributed by atoms with E-state index < -0.39 is 17.7 Å². The first-order valence-corrected chi connectivity index (χ1v) is 8.74. The van der Waals surface area contributed by atoms with Gasteiger partial charge < -0.3 is 5.32 Å². The van der Waals surface area contributed by atoms with Crippen LogP contribution in [-0.2, 0) is 19.2 Å². The molecule has 1 fully saturated rings. The van der Waals surface area contributed by atoms with Gasteiger partial charge in [0, 0.05) is 29.3 Å². The van der Waals surface area contributed by atoms with E-state index in [0.29, 0.717) is 29.3 Å². The third-order valence-corrected chi connectivity index (χ3v) is 4.33. The van der Waals surface area contributed by atoms with E-state index in [1.165, 1.54) is 0 Å². The van der Waals surface area contributed by atoms with Crippen LogP contribution in [0.15, 0.2) is 29.4 Å². The first-order valence-electron chi connectivity index (χ1n) is 8.36. The molecule has 144 valence electrons. The molecule has 3 amide bonds. The lowest BCUT2D eigenvalue weighted by atomic mass is 9.97. The number of ketones is 1. The number of halogens is 1. The summed E-state index contributed by atoms with van der Waals surface area (Å²) in [5, 5.41) is 7.12. The minimum atomic E-state index is -1.03. The van der Waals surface area contributed by atoms with Gasteiger partial charge in [-0.1, -0.05) is 11.6 Å². The van der Waals surface area contributed by atoms with Crippen LogP contribution >= 0.6 is 11.6 Å². The van der Waals surface area contributed by atoms with Crippen LogP contribution in [-0.4, -0.2) is 29.2 Å². The molecule has 1 saturated carbocycles. The third kappa shape index (κ3) is 6.15. The fraction of sp³-hybridized carbons (Fsp3) is 0.353. The molecule has 0 heterocycles. The molecule has 2 rings (SSSR count). The number of carbonyl (C=O) groups excluding carboxylic acids is 4. The minimum absolute atomic E-state index is 0.0349. The number of hydrogen-bond donors (Lipinski definition) is 4. The van der Waals surface area contributed by atoms with Crippen LogP contribution in [0.25, 0.3) is 0 Å². The Balaban J connectivity index is 1.84. The van der Waals surface area contributed by atoms with Crippen molar-refractivity contribution in [2.75, 3.05) is 5.32 Å². The normalized spacial score (nSPS) is 17.4. The molecule has 27 heavy (non-hydrogen) atoms. The Labute approximate surface area is 160 Å². The first-order chi connectivity index (χ1) is 12.9. The molecule has 9 nitrogen and oxygen atoms in total. The van der Waals surface area contributed by atoms with Crippen molar-refractivity contribution in [2.45, 2.75) is 32.1 Å². The summed E-state index contributed by atoms with van der Waals surface area (Å²) in [7, 11) is 0. The Morgan fingerprint density at radius 1 is 1.11 bits per heavy atom. The second-order valence-electron chi connectivity index (χ2n) is 5.98. The van der Waals surface area contributed by atoms with Crippen LogP contribution in [0.3, 0.4) is 0 Å². The summed E-state index contributed by atoms with van der Waals surface area (Å²) in [6, 6.07) is 6.65. The molecular formula is C17H20ClN5O4. The number of carbonyl (C=O) groups is 4. The Kier molecular flexibility index (Phi) is 7.44. The molecule has 1 aromatic carbocycles. The van der Waals surface area contributed by atoms with Gasteiger partial charge in [-0.15, -0.1) is 0 Å². The summed E-state index contributed by atoms with van der Waals surface area (Å²) < 4.78 is 0. The number of anilines is 1. The molecule has 1 unspecified atom stereocenters. The lowest BCUT2D eigenvalue weighted by Gasteiger charge is -2.10. The van der Waals surface area contributed by atoms with Gasteiger partial charge in [-0.2, -0.15) is 5.10 Å². The fourth-order valence-electron chi connectivity index (χ4n) is 2.72. The van der Waals surface area contributed by atoms with Crippen LogP contribution in [0.5, 0.6) is 0 Å². The van der Waals surface area contributed by atoms with Crippen LogP contribution in [0.2, 0.25) is 5.02 Å². The third-order valence-electron chi connectivity index (χ3n) is 4.08. The lowest BCUT2D eigenvalue weighted by Crippen LogP contribution is -2.41. The topological polar surface area (TPSA) is 143 Å². The highest BCUT2D eigenvalue weighted by Crippen LogP contribution is 2.25. The maximum atomic E-state index is 12.4. The van der Waals surface area contributed by atoms with Crippen LogP contribution in [0.4, 0.5) is 5.69 Å². The highest BCUT2D eigenvalue weighted by molar-refractivity contribution is 6.35. The van der Waals surface area contributed by atoms with Gasteiger partial charge in [-0.3, -0.25) is 24.6 Å². The lowest BCUT2D eigenvalue weighted by molar-refractivity contribution is -0.139. The predicted molar refractivity (Wildman–Crippen MR) is 99.6 cm³/mol. The maximum Gasteiger partial charge on any atom is 0.330 e. The molecule has 1 aliphatic rings. The van der Waals surface area contributed by atoms with Gasteiger partial charge in [0.25, 0.3) is 0 Å². The largest absolute Gasteiger partial charge is 0.330 e. The zero-order valence-electron chi connectivity index (χ0n) is 14.5. The van der Waals surface area contributed by atoms with E-state index in [4.69, 9.17) is 17.4 Å². The number of benzene rings is 1. The summed E-state index contributed by atoms with van der Waals surface area (Å²) in [5.41, 5.74) is 4.86. The van der Waals surface area contributed by atoms with Crippen molar-refractivity contribution in [1.29, 1.82) is 0 Å². The number of hydrogen-bond acceptors (Lipinski definition) is 6. The van der Waals surface area contributed by atoms with Gasteiger partial charge in [0.2, 0.25) is 5.91 Å². The van der Waals surface area contributed by atoms with E-state index in [0.717, 1.165) is 6.42 Å². The van der Waals surface area contributed by atoms with Gasteiger partial charge in [0.05, 0.1) is 5.92 Å². The van der Waals surface area contributed by atoms with E-state index in [1.54, 1.807) is 29.7 Å². The van der Waals surface area contributed by atoms with E-state index in [9.17, 15) is 19.2 Å². The zero-order valence-corrected chi connectivity index (χ0v) is 15.2.